The van der Waals surface area contributed by atoms with Gasteiger partial charge in [0.15, 0.2) is 11.5 Å². The highest BCUT2D eigenvalue weighted by atomic mass is 35.5. The number of carbonyl (C=O) groups is 1. The molecule has 2 N–H and O–H groups in total. The van der Waals surface area contributed by atoms with Gasteiger partial charge in [0.1, 0.15) is 6.61 Å². The van der Waals surface area contributed by atoms with Crippen molar-refractivity contribution < 1.29 is 14.3 Å². The van der Waals surface area contributed by atoms with Crippen molar-refractivity contribution in [2.45, 2.75) is 13.5 Å². The van der Waals surface area contributed by atoms with Crippen molar-refractivity contribution in [3.63, 3.8) is 0 Å². The van der Waals surface area contributed by atoms with Crippen molar-refractivity contribution >= 4 is 41.1 Å². The smallest absolute Gasteiger partial charge is 0.339 e. The molecule has 2 amide bonds. The number of hydrogen-bond acceptors (Lipinski definition) is 4. The van der Waals surface area contributed by atoms with Gasteiger partial charge in [-0.1, -0.05) is 47.5 Å². The second-order valence-corrected chi connectivity index (χ2v) is 7.20. The third-order valence-electron chi connectivity index (χ3n) is 4.08. The number of amides is 2. The Labute approximate surface area is 190 Å². The number of hydrazone groups is 1. The minimum atomic E-state index is -0.438. The van der Waals surface area contributed by atoms with Gasteiger partial charge < -0.3 is 14.8 Å². The van der Waals surface area contributed by atoms with Crippen LogP contribution in [0.5, 0.6) is 11.5 Å². The summed E-state index contributed by atoms with van der Waals surface area (Å²) in [6, 6.07) is 19.3. The molecule has 0 radical (unpaired) electrons. The van der Waals surface area contributed by atoms with Crippen molar-refractivity contribution in [3.8, 4) is 11.5 Å². The molecular weight excluding hydrogens is 437 g/mol. The van der Waals surface area contributed by atoms with E-state index in [4.69, 9.17) is 32.7 Å². The van der Waals surface area contributed by atoms with Crippen LogP contribution in [-0.4, -0.2) is 18.9 Å². The van der Waals surface area contributed by atoms with Crippen molar-refractivity contribution in [2.24, 2.45) is 5.10 Å². The number of nitrogens with one attached hydrogen (secondary N) is 2. The van der Waals surface area contributed by atoms with Crippen molar-refractivity contribution in [1.29, 1.82) is 0 Å². The Morgan fingerprint density at radius 1 is 1.00 bits per heavy atom. The summed E-state index contributed by atoms with van der Waals surface area (Å²) in [6.45, 7) is 2.62. The molecule has 0 bridgehead atoms. The molecule has 0 atom stereocenters. The molecule has 3 aromatic carbocycles. The first-order valence-electron chi connectivity index (χ1n) is 9.54. The summed E-state index contributed by atoms with van der Waals surface area (Å²) in [5, 5.41) is 7.75. The van der Waals surface area contributed by atoms with Crippen LogP contribution in [-0.2, 0) is 6.61 Å². The van der Waals surface area contributed by atoms with E-state index in [1.54, 1.807) is 36.4 Å². The van der Waals surface area contributed by atoms with Crippen LogP contribution in [0.15, 0.2) is 71.8 Å². The Morgan fingerprint density at radius 2 is 1.81 bits per heavy atom. The Hall–Kier alpha value is -3.22. The predicted octanol–water partition coefficient (Wildman–Crippen LogP) is 6.13. The number of ether oxygens (including phenoxy) is 2. The van der Waals surface area contributed by atoms with E-state index in [0.717, 1.165) is 11.1 Å². The zero-order valence-electron chi connectivity index (χ0n) is 16.8. The highest BCUT2D eigenvalue weighted by Crippen LogP contribution is 2.30. The van der Waals surface area contributed by atoms with Crippen LogP contribution in [0.2, 0.25) is 10.0 Å². The Kier molecular flexibility index (Phi) is 8.15. The summed E-state index contributed by atoms with van der Waals surface area (Å²) in [7, 11) is 0. The number of urea groups is 1. The lowest BCUT2D eigenvalue weighted by atomic mass is 10.2. The number of para-hydroxylation sites is 1. The fourth-order valence-corrected chi connectivity index (χ4v) is 3.10. The lowest BCUT2D eigenvalue weighted by molar-refractivity contribution is 0.252. The molecule has 8 heteroatoms. The number of halogens is 2. The van der Waals surface area contributed by atoms with Gasteiger partial charge in [0.2, 0.25) is 0 Å². The lowest BCUT2D eigenvalue weighted by Crippen LogP contribution is -2.24. The second-order valence-electron chi connectivity index (χ2n) is 6.35. The van der Waals surface area contributed by atoms with Crippen LogP contribution in [0.25, 0.3) is 0 Å². The topological polar surface area (TPSA) is 72.0 Å². The van der Waals surface area contributed by atoms with E-state index in [0.29, 0.717) is 33.8 Å². The summed E-state index contributed by atoms with van der Waals surface area (Å²) in [6.07, 6.45) is 1.52. The molecule has 0 aliphatic heterocycles. The molecule has 0 saturated heterocycles. The number of anilines is 1. The van der Waals surface area contributed by atoms with Gasteiger partial charge in [-0.3, -0.25) is 0 Å². The number of carbonyl (C=O) groups excluding carboxylic acids is 1. The predicted molar refractivity (Wildman–Crippen MR) is 125 cm³/mol. The molecule has 6 nitrogen and oxygen atoms in total. The van der Waals surface area contributed by atoms with Gasteiger partial charge in [0, 0.05) is 21.3 Å². The van der Waals surface area contributed by atoms with Crippen molar-refractivity contribution in [2.75, 3.05) is 11.9 Å². The van der Waals surface area contributed by atoms with Crippen LogP contribution in [0.1, 0.15) is 18.1 Å². The van der Waals surface area contributed by atoms with Gasteiger partial charge in [0.05, 0.1) is 12.8 Å². The highest BCUT2D eigenvalue weighted by Gasteiger charge is 2.08. The second kappa shape index (κ2) is 11.2. The monoisotopic (exact) mass is 457 g/mol. The Morgan fingerprint density at radius 3 is 2.55 bits per heavy atom. The number of rotatable bonds is 8. The maximum absolute atomic E-state index is 11.9. The van der Waals surface area contributed by atoms with E-state index >= 15 is 0 Å². The van der Waals surface area contributed by atoms with Crippen LogP contribution >= 0.6 is 23.2 Å². The fourth-order valence-electron chi connectivity index (χ4n) is 2.63. The molecule has 0 unspecified atom stereocenters. The van der Waals surface area contributed by atoms with E-state index in [1.807, 2.05) is 37.3 Å². The number of benzene rings is 3. The molecule has 0 aliphatic carbocycles. The summed E-state index contributed by atoms with van der Waals surface area (Å²) in [5.74, 6) is 1.13. The van der Waals surface area contributed by atoms with Crippen molar-refractivity contribution in [3.05, 3.63) is 87.9 Å². The molecule has 0 aliphatic rings. The molecule has 0 saturated carbocycles. The average molecular weight is 458 g/mol. The first kappa shape index (κ1) is 22.5. The zero-order valence-corrected chi connectivity index (χ0v) is 18.3. The summed E-state index contributed by atoms with van der Waals surface area (Å²) in [5.41, 5.74) is 4.65. The normalized spacial score (nSPS) is 10.7. The van der Waals surface area contributed by atoms with Gasteiger partial charge in [0.25, 0.3) is 0 Å². The van der Waals surface area contributed by atoms with Gasteiger partial charge in [-0.15, -0.1) is 0 Å². The molecule has 31 heavy (non-hydrogen) atoms. The average Bonchev–Trinajstić information content (AvgIpc) is 2.75. The van der Waals surface area contributed by atoms with E-state index in [2.05, 4.69) is 15.8 Å². The van der Waals surface area contributed by atoms with E-state index in [1.165, 1.54) is 6.21 Å². The van der Waals surface area contributed by atoms with Gasteiger partial charge >= 0.3 is 6.03 Å². The summed E-state index contributed by atoms with van der Waals surface area (Å²) < 4.78 is 11.6. The molecule has 3 aromatic rings. The lowest BCUT2D eigenvalue weighted by Gasteiger charge is -2.13. The summed E-state index contributed by atoms with van der Waals surface area (Å²) >= 11 is 12.1. The quantitative estimate of drug-likeness (QED) is 0.315. The minimum absolute atomic E-state index is 0.269. The molecule has 0 spiro atoms. The zero-order chi connectivity index (χ0) is 22.1. The SMILES string of the molecule is CCOc1cc(/C=N/NC(=O)Nc2ccccc2)ccc1OCc1ccc(Cl)cc1Cl. The standard InChI is InChI=1S/C23H21Cl2N3O3/c1-2-30-22-12-16(14-26-28-23(29)27-19-6-4-3-5-7-19)8-11-21(22)31-15-17-9-10-18(24)13-20(17)25/h3-14H,2,15H2,1H3,(H2,27,28,29)/b26-14+. The number of hydrogen-bond donors (Lipinski definition) is 2. The molecular formula is C23H21Cl2N3O3. The third-order valence-corrected chi connectivity index (χ3v) is 4.66. The Bertz CT molecular complexity index is 1060. The number of nitrogens with zero attached hydrogens (tertiary/aromatic N) is 1. The molecule has 160 valence electrons. The fraction of sp³-hybridized carbons (Fsp3) is 0.130. The highest BCUT2D eigenvalue weighted by molar-refractivity contribution is 6.35. The van der Waals surface area contributed by atoms with Crippen LogP contribution in [0.3, 0.4) is 0 Å². The minimum Gasteiger partial charge on any atom is -0.490 e. The first-order valence-corrected chi connectivity index (χ1v) is 10.3. The maximum Gasteiger partial charge on any atom is 0.339 e. The van der Waals surface area contributed by atoms with Crippen LogP contribution in [0.4, 0.5) is 10.5 Å². The van der Waals surface area contributed by atoms with E-state index in [-0.39, 0.29) is 6.61 Å². The first-order chi connectivity index (χ1) is 15.0. The molecule has 0 aromatic heterocycles. The Balaban J connectivity index is 1.62. The van der Waals surface area contributed by atoms with Crippen LogP contribution < -0.4 is 20.2 Å². The molecule has 3 rings (SSSR count). The van der Waals surface area contributed by atoms with Gasteiger partial charge in [-0.2, -0.15) is 5.10 Å². The molecule has 0 fully saturated rings. The summed E-state index contributed by atoms with van der Waals surface area (Å²) in [4.78, 5) is 11.9. The van der Waals surface area contributed by atoms with Gasteiger partial charge in [-0.25, -0.2) is 10.2 Å². The van der Waals surface area contributed by atoms with E-state index < -0.39 is 6.03 Å². The maximum atomic E-state index is 11.9. The largest absolute Gasteiger partial charge is 0.490 e. The molecule has 0 heterocycles. The third kappa shape index (κ3) is 6.91. The van der Waals surface area contributed by atoms with E-state index in [9.17, 15) is 4.79 Å². The van der Waals surface area contributed by atoms with Crippen LogP contribution in [0, 0.1) is 0 Å². The van der Waals surface area contributed by atoms with Crippen molar-refractivity contribution in [1.82, 2.24) is 5.43 Å². The van der Waals surface area contributed by atoms with Gasteiger partial charge in [-0.05, 0) is 55.0 Å².